The van der Waals surface area contributed by atoms with E-state index in [1.54, 1.807) is 4.90 Å². The van der Waals surface area contributed by atoms with E-state index in [4.69, 9.17) is 9.47 Å². The lowest BCUT2D eigenvalue weighted by atomic mass is 9.97. The molecule has 0 aliphatic carbocycles. The van der Waals surface area contributed by atoms with Gasteiger partial charge in [-0.25, -0.2) is 4.79 Å². The molecule has 0 N–H and O–H groups in total. The first-order valence-corrected chi connectivity index (χ1v) is 8.61. The van der Waals surface area contributed by atoms with E-state index < -0.39 is 17.0 Å². The maximum absolute atomic E-state index is 12.7. The molecule has 1 amide bonds. The minimum atomic E-state index is -0.966. The van der Waals surface area contributed by atoms with Gasteiger partial charge in [0.05, 0.1) is 17.6 Å². The van der Waals surface area contributed by atoms with Crippen molar-refractivity contribution in [3.05, 3.63) is 33.9 Å². The second-order valence-electron chi connectivity index (χ2n) is 6.57. The summed E-state index contributed by atoms with van der Waals surface area (Å²) in [7, 11) is 1.31. The van der Waals surface area contributed by atoms with Gasteiger partial charge >= 0.3 is 11.7 Å². The van der Waals surface area contributed by atoms with Crippen molar-refractivity contribution in [2.45, 2.75) is 58.2 Å². The minimum Gasteiger partial charge on any atom is -0.490 e. The predicted octanol–water partition coefficient (Wildman–Crippen LogP) is 2.94. The maximum Gasteiger partial charge on any atom is 0.339 e. The molecule has 8 nitrogen and oxygen atoms in total. The number of amides is 1. The van der Waals surface area contributed by atoms with Crippen LogP contribution in [0.15, 0.2) is 18.2 Å². The average Bonchev–Trinajstić information content (AvgIpc) is 2.60. The predicted molar refractivity (Wildman–Crippen MR) is 94.1 cm³/mol. The topological polar surface area (TPSA) is 99.0 Å². The Balaban J connectivity index is 2.12. The molecule has 1 aliphatic heterocycles. The third-order valence-corrected chi connectivity index (χ3v) is 4.69. The van der Waals surface area contributed by atoms with E-state index >= 15 is 0 Å². The SMILES string of the molecule is COc1ccc(C(=O)O[C@H](C)C(=O)N2[C@H](C)CCC[C@H]2C)cc1[N+](=O)[O-]. The molecule has 1 aromatic carbocycles. The second-order valence-corrected chi connectivity index (χ2v) is 6.57. The number of nitrogens with zero attached hydrogens (tertiary/aromatic N) is 2. The molecule has 26 heavy (non-hydrogen) atoms. The molecule has 1 saturated heterocycles. The molecule has 1 heterocycles. The van der Waals surface area contributed by atoms with Crippen molar-refractivity contribution in [2.24, 2.45) is 0 Å². The fourth-order valence-electron chi connectivity index (χ4n) is 3.30. The summed E-state index contributed by atoms with van der Waals surface area (Å²) in [6.07, 6.45) is 1.94. The molecule has 3 atom stereocenters. The van der Waals surface area contributed by atoms with Gasteiger partial charge in [0.2, 0.25) is 0 Å². The van der Waals surface area contributed by atoms with Crippen molar-refractivity contribution in [2.75, 3.05) is 7.11 Å². The van der Waals surface area contributed by atoms with Crippen molar-refractivity contribution in [3.63, 3.8) is 0 Å². The second kappa shape index (κ2) is 8.16. The first-order valence-electron chi connectivity index (χ1n) is 8.61. The summed E-state index contributed by atoms with van der Waals surface area (Å²) in [6.45, 7) is 5.48. The van der Waals surface area contributed by atoms with Crippen LogP contribution in [0.5, 0.6) is 5.75 Å². The number of ether oxygens (including phenoxy) is 2. The van der Waals surface area contributed by atoms with Gasteiger partial charge in [-0.15, -0.1) is 0 Å². The summed E-state index contributed by atoms with van der Waals surface area (Å²) < 4.78 is 10.2. The quantitative estimate of drug-likeness (QED) is 0.452. The van der Waals surface area contributed by atoms with Crippen molar-refractivity contribution < 1.29 is 24.0 Å². The van der Waals surface area contributed by atoms with Gasteiger partial charge in [-0.2, -0.15) is 0 Å². The molecule has 0 saturated carbocycles. The van der Waals surface area contributed by atoms with Crippen molar-refractivity contribution >= 4 is 17.6 Å². The molecule has 8 heteroatoms. The Morgan fingerprint density at radius 3 is 2.42 bits per heavy atom. The fourth-order valence-corrected chi connectivity index (χ4v) is 3.30. The molecule has 0 bridgehead atoms. The lowest BCUT2D eigenvalue weighted by molar-refractivity contribution is -0.385. The van der Waals surface area contributed by atoms with Crippen molar-refractivity contribution in [1.82, 2.24) is 4.90 Å². The Labute approximate surface area is 152 Å². The van der Waals surface area contributed by atoms with Crippen LogP contribution in [0.4, 0.5) is 5.69 Å². The van der Waals surface area contributed by atoms with Gasteiger partial charge in [0, 0.05) is 18.2 Å². The minimum absolute atomic E-state index is 0.00288. The van der Waals surface area contributed by atoms with Gasteiger partial charge in [-0.1, -0.05) is 0 Å². The Kier molecular flexibility index (Phi) is 6.18. The fraction of sp³-hybridized carbons (Fsp3) is 0.556. The van der Waals surface area contributed by atoms with Gasteiger partial charge < -0.3 is 14.4 Å². The molecule has 0 radical (unpaired) electrons. The Hall–Kier alpha value is -2.64. The van der Waals surface area contributed by atoms with E-state index in [9.17, 15) is 19.7 Å². The number of nitro benzene ring substituents is 1. The number of benzene rings is 1. The third-order valence-electron chi connectivity index (χ3n) is 4.69. The summed E-state index contributed by atoms with van der Waals surface area (Å²) in [6, 6.07) is 3.97. The zero-order valence-corrected chi connectivity index (χ0v) is 15.4. The highest BCUT2D eigenvalue weighted by molar-refractivity contribution is 5.93. The number of hydrogen-bond donors (Lipinski definition) is 0. The Morgan fingerprint density at radius 2 is 1.88 bits per heavy atom. The highest BCUT2D eigenvalue weighted by Gasteiger charge is 2.33. The van der Waals surface area contributed by atoms with Crippen LogP contribution < -0.4 is 4.74 Å². The van der Waals surface area contributed by atoms with Gasteiger partial charge in [-0.05, 0) is 52.2 Å². The molecule has 2 rings (SSSR count). The lowest BCUT2D eigenvalue weighted by Gasteiger charge is -2.40. The van der Waals surface area contributed by atoms with Crippen LogP contribution in [0, 0.1) is 10.1 Å². The standard InChI is InChI=1S/C18H24N2O6/c1-11-6-5-7-12(2)19(11)17(21)13(3)26-18(22)14-8-9-16(25-4)15(10-14)20(23)24/h8-13H,5-7H2,1-4H3/t11-,12-,13-/m1/s1. The van der Waals surface area contributed by atoms with E-state index in [1.807, 2.05) is 13.8 Å². The normalized spacial score (nSPS) is 21.0. The summed E-state index contributed by atoms with van der Waals surface area (Å²) in [5.74, 6) is -0.985. The van der Waals surface area contributed by atoms with E-state index in [2.05, 4.69) is 0 Å². The number of rotatable bonds is 5. The molecule has 1 aromatic rings. The number of piperidine rings is 1. The molecule has 0 unspecified atom stereocenters. The zero-order valence-electron chi connectivity index (χ0n) is 15.4. The van der Waals surface area contributed by atoms with Crippen LogP contribution in [0.2, 0.25) is 0 Å². The van der Waals surface area contributed by atoms with Crippen LogP contribution in [0.1, 0.15) is 50.4 Å². The summed E-state index contributed by atoms with van der Waals surface area (Å²) in [5, 5.41) is 11.1. The van der Waals surface area contributed by atoms with Crippen LogP contribution in [-0.2, 0) is 9.53 Å². The first-order chi connectivity index (χ1) is 12.3. The molecular formula is C18H24N2O6. The number of methoxy groups -OCH3 is 1. The van der Waals surface area contributed by atoms with Crippen molar-refractivity contribution in [1.29, 1.82) is 0 Å². The molecular weight excluding hydrogens is 340 g/mol. The van der Waals surface area contributed by atoms with E-state index in [-0.39, 0.29) is 35.0 Å². The molecule has 1 aliphatic rings. The molecule has 0 aromatic heterocycles. The summed E-state index contributed by atoms with van der Waals surface area (Å²) in [5.41, 5.74) is -0.337. The third kappa shape index (κ3) is 4.12. The highest BCUT2D eigenvalue weighted by Crippen LogP contribution is 2.28. The number of nitro groups is 1. The van der Waals surface area contributed by atoms with Crippen LogP contribution in [-0.4, -0.2) is 47.0 Å². The number of esters is 1. The highest BCUT2D eigenvalue weighted by atomic mass is 16.6. The van der Waals surface area contributed by atoms with E-state index in [0.717, 1.165) is 25.3 Å². The Bertz CT molecular complexity index is 695. The summed E-state index contributed by atoms with van der Waals surface area (Å²) in [4.78, 5) is 37.2. The average molecular weight is 364 g/mol. The molecule has 142 valence electrons. The largest absolute Gasteiger partial charge is 0.490 e. The maximum atomic E-state index is 12.7. The molecule has 1 fully saturated rings. The van der Waals surface area contributed by atoms with E-state index in [1.165, 1.54) is 26.2 Å². The molecule has 0 spiro atoms. The van der Waals surface area contributed by atoms with E-state index in [0.29, 0.717) is 0 Å². The van der Waals surface area contributed by atoms with Crippen LogP contribution in [0.25, 0.3) is 0 Å². The van der Waals surface area contributed by atoms with Gasteiger partial charge in [0.1, 0.15) is 0 Å². The number of likely N-dealkylation sites (tertiary alicyclic amines) is 1. The number of hydrogen-bond acceptors (Lipinski definition) is 6. The van der Waals surface area contributed by atoms with Crippen molar-refractivity contribution in [3.8, 4) is 5.75 Å². The Morgan fingerprint density at radius 1 is 1.27 bits per heavy atom. The van der Waals surface area contributed by atoms with Gasteiger partial charge in [0.25, 0.3) is 5.91 Å². The lowest BCUT2D eigenvalue weighted by Crippen LogP contribution is -2.51. The smallest absolute Gasteiger partial charge is 0.339 e. The van der Waals surface area contributed by atoms with Gasteiger partial charge in [0.15, 0.2) is 11.9 Å². The van der Waals surface area contributed by atoms with Gasteiger partial charge in [-0.3, -0.25) is 14.9 Å². The summed E-state index contributed by atoms with van der Waals surface area (Å²) >= 11 is 0. The van der Waals surface area contributed by atoms with Crippen LogP contribution >= 0.6 is 0 Å². The first kappa shape index (κ1) is 19.7. The van der Waals surface area contributed by atoms with Crippen LogP contribution in [0.3, 0.4) is 0 Å². The number of carbonyl (C=O) groups is 2. The monoisotopic (exact) mass is 364 g/mol. The zero-order chi connectivity index (χ0) is 19.4. The number of carbonyl (C=O) groups excluding carboxylic acids is 2.